The third-order valence-corrected chi connectivity index (χ3v) is 2.99. The number of carbonyl (C=O) groups excluding carboxylic acids is 1. The van der Waals surface area contributed by atoms with Crippen molar-refractivity contribution in [2.45, 2.75) is 20.0 Å². The molecule has 0 radical (unpaired) electrons. The summed E-state index contributed by atoms with van der Waals surface area (Å²) >= 11 is 3.79. The van der Waals surface area contributed by atoms with Crippen LogP contribution in [0.2, 0.25) is 0 Å². The number of carbonyl (C=O) groups is 1. The number of morpholine rings is 1. The summed E-state index contributed by atoms with van der Waals surface area (Å²) in [5, 5.41) is -0.204. The zero-order valence-electron chi connectivity index (χ0n) is 10.3. The minimum Gasteiger partial charge on any atom is -0.374 e. The molecule has 1 aliphatic heterocycles. The van der Waals surface area contributed by atoms with Gasteiger partial charge in [0.25, 0.3) is 5.24 Å². The van der Waals surface area contributed by atoms with Crippen LogP contribution in [0.15, 0.2) is 0 Å². The number of rotatable bonds is 4. The van der Waals surface area contributed by atoms with Crippen molar-refractivity contribution < 1.29 is 9.53 Å². The van der Waals surface area contributed by atoms with Gasteiger partial charge in [0.1, 0.15) is 0 Å². The Balaban J connectivity index is 2.35. The van der Waals surface area contributed by atoms with Gasteiger partial charge >= 0.3 is 0 Å². The zero-order valence-corrected chi connectivity index (χ0v) is 11.2. The third-order valence-electron chi connectivity index (χ3n) is 2.65. The molecule has 0 aliphatic carbocycles. The minimum atomic E-state index is -0.204. The van der Waals surface area contributed by atoms with Crippen LogP contribution < -0.4 is 0 Å². The van der Waals surface area contributed by atoms with Crippen LogP contribution in [0.3, 0.4) is 0 Å². The average molecular weight is 246 g/mol. The third kappa shape index (κ3) is 4.72. The minimum absolute atomic E-state index is 0.119. The highest BCUT2D eigenvalue weighted by Gasteiger charge is 2.22. The van der Waals surface area contributed by atoms with Gasteiger partial charge in [-0.25, -0.2) is 0 Å². The lowest BCUT2D eigenvalue weighted by atomic mass is 10.2. The van der Waals surface area contributed by atoms with Crippen molar-refractivity contribution in [3.8, 4) is 0 Å². The maximum atomic E-state index is 11.0. The van der Waals surface area contributed by atoms with Gasteiger partial charge in [0, 0.05) is 33.2 Å². The second-order valence-corrected chi connectivity index (χ2v) is 5.19. The van der Waals surface area contributed by atoms with Gasteiger partial charge in [0.15, 0.2) is 0 Å². The second-order valence-electron chi connectivity index (χ2n) is 4.81. The lowest BCUT2D eigenvalue weighted by Gasteiger charge is -2.35. The molecule has 0 spiro atoms. The van der Waals surface area contributed by atoms with Crippen LogP contribution in [0.5, 0.6) is 0 Å². The maximum absolute atomic E-state index is 11.0. The number of likely N-dealkylation sites (N-methyl/N-ethyl adjacent to an activating group) is 1. The fourth-order valence-electron chi connectivity index (χ4n) is 1.96. The molecule has 0 bridgehead atoms. The number of ether oxygens (including phenoxy) is 1. The van der Waals surface area contributed by atoms with E-state index in [0.29, 0.717) is 12.5 Å². The van der Waals surface area contributed by atoms with Crippen LogP contribution >= 0.6 is 12.6 Å². The van der Waals surface area contributed by atoms with E-state index in [1.165, 1.54) is 0 Å². The van der Waals surface area contributed by atoms with Crippen LogP contribution in [0, 0.1) is 5.92 Å². The fourth-order valence-corrected chi connectivity index (χ4v) is 2.04. The van der Waals surface area contributed by atoms with Gasteiger partial charge in [0.05, 0.1) is 12.7 Å². The summed E-state index contributed by atoms with van der Waals surface area (Å²) in [7, 11) is 1.75. The summed E-state index contributed by atoms with van der Waals surface area (Å²) in [6.45, 7) is 8.81. The highest BCUT2D eigenvalue weighted by Crippen LogP contribution is 2.09. The summed E-state index contributed by atoms with van der Waals surface area (Å²) in [4.78, 5) is 15.0. The van der Waals surface area contributed by atoms with Crippen molar-refractivity contribution in [3.63, 3.8) is 0 Å². The first kappa shape index (κ1) is 13.8. The summed E-state index contributed by atoms with van der Waals surface area (Å²) in [6.07, 6.45) is 0.119. The molecule has 0 N–H and O–H groups in total. The van der Waals surface area contributed by atoms with Gasteiger partial charge in [-0.1, -0.05) is 26.5 Å². The van der Waals surface area contributed by atoms with Crippen molar-refractivity contribution in [2.24, 2.45) is 5.92 Å². The highest BCUT2D eigenvalue weighted by atomic mass is 32.1. The Labute approximate surface area is 103 Å². The molecule has 4 nitrogen and oxygen atoms in total. The van der Waals surface area contributed by atoms with E-state index in [1.807, 2.05) is 0 Å². The predicted molar refractivity (Wildman–Crippen MR) is 68.0 cm³/mol. The molecule has 0 aromatic rings. The highest BCUT2D eigenvalue weighted by molar-refractivity contribution is 7.96. The molecule has 5 heteroatoms. The van der Waals surface area contributed by atoms with Gasteiger partial charge < -0.3 is 9.64 Å². The number of thiol groups is 1. The van der Waals surface area contributed by atoms with E-state index in [1.54, 1.807) is 11.9 Å². The van der Waals surface area contributed by atoms with Crippen LogP contribution in [0.4, 0.5) is 4.79 Å². The Kier molecular flexibility index (Phi) is 5.58. The molecular formula is C11H22N2O2S. The number of hydrogen-bond donors (Lipinski definition) is 1. The van der Waals surface area contributed by atoms with Crippen molar-refractivity contribution in [2.75, 3.05) is 39.8 Å². The van der Waals surface area contributed by atoms with Gasteiger partial charge in [-0.15, -0.1) is 0 Å². The van der Waals surface area contributed by atoms with E-state index in [9.17, 15) is 4.79 Å². The van der Waals surface area contributed by atoms with Gasteiger partial charge in [-0.3, -0.25) is 9.69 Å². The largest absolute Gasteiger partial charge is 0.374 e. The van der Waals surface area contributed by atoms with E-state index in [-0.39, 0.29) is 11.3 Å². The Bertz CT molecular complexity index is 236. The number of nitrogens with zero attached hydrogens (tertiary/aromatic N) is 2. The Morgan fingerprint density at radius 3 is 2.88 bits per heavy atom. The number of hydrogen-bond acceptors (Lipinski definition) is 3. The van der Waals surface area contributed by atoms with Crippen molar-refractivity contribution in [3.05, 3.63) is 0 Å². The van der Waals surface area contributed by atoms with E-state index >= 15 is 0 Å². The van der Waals surface area contributed by atoms with Crippen molar-refractivity contribution in [1.29, 1.82) is 0 Å². The molecule has 94 valence electrons. The standard InChI is InChI=1S/C11H22N2O2S/c1-9(2)6-13-4-5-15-10(8-13)7-12(3)11(14)16/h9-10H,4-8H2,1-3H3,(H,14,16)/t10-/m0/s1. The van der Waals surface area contributed by atoms with Crippen LogP contribution in [-0.4, -0.2) is 61.0 Å². The van der Waals surface area contributed by atoms with E-state index < -0.39 is 0 Å². The molecule has 1 aliphatic rings. The van der Waals surface area contributed by atoms with Crippen LogP contribution in [0.25, 0.3) is 0 Å². The summed E-state index contributed by atoms with van der Waals surface area (Å²) in [5.74, 6) is 0.669. The van der Waals surface area contributed by atoms with E-state index in [4.69, 9.17) is 4.74 Å². The topological polar surface area (TPSA) is 32.8 Å². The molecule has 0 aromatic carbocycles. The van der Waals surface area contributed by atoms with Crippen LogP contribution in [0.1, 0.15) is 13.8 Å². The van der Waals surface area contributed by atoms with Crippen LogP contribution in [-0.2, 0) is 4.74 Å². The lowest BCUT2D eigenvalue weighted by Crippen LogP contribution is -2.48. The molecule has 0 saturated carbocycles. The Morgan fingerprint density at radius 1 is 1.62 bits per heavy atom. The molecular weight excluding hydrogens is 224 g/mol. The summed E-state index contributed by atoms with van der Waals surface area (Å²) in [6, 6.07) is 0. The van der Waals surface area contributed by atoms with Gasteiger partial charge in [0.2, 0.25) is 0 Å². The summed E-state index contributed by atoms with van der Waals surface area (Å²) < 4.78 is 5.64. The maximum Gasteiger partial charge on any atom is 0.278 e. The first-order valence-electron chi connectivity index (χ1n) is 5.77. The van der Waals surface area contributed by atoms with E-state index in [0.717, 1.165) is 26.2 Å². The smallest absolute Gasteiger partial charge is 0.278 e. The monoisotopic (exact) mass is 246 g/mol. The van der Waals surface area contributed by atoms with E-state index in [2.05, 4.69) is 31.4 Å². The first-order chi connectivity index (χ1) is 7.49. The molecule has 16 heavy (non-hydrogen) atoms. The SMILES string of the molecule is CC(C)CN1CCO[C@@H](CN(C)C(=O)S)C1. The number of amides is 1. The average Bonchev–Trinajstić information content (AvgIpc) is 2.16. The first-order valence-corrected chi connectivity index (χ1v) is 6.21. The Hall–Kier alpha value is -0.260. The summed E-state index contributed by atoms with van der Waals surface area (Å²) in [5.41, 5.74) is 0. The molecule has 1 rings (SSSR count). The second kappa shape index (κ2) is 6.47. The Morgan fingerprint density at radius 2 is 2.31 bits per heavy atom. The molecule has 1 saturated heterocycles. The van der Waals surface area contributed by atoms with Crippen molar-refractivity contribution in [1.82, 2.24) is 9.80 Å². The normalized spacial score (nSPS) is 22.4. The van der Waals surface area contributed by atoms with Crippen molar-refractivity contribution >= 4 is 17.9 Å². The molecule has 1 fully saturated rings. The fraction of sp³-hybridized carbons (Fsp3) is 0.909. The quantitative estimate of drug-likeness (QED) is 0.760. The molecule has 1 amide bonds. The molecule has 1 heterocycles. The van der Waals surface area contributed by atoms with Gasteiger partial charge in [-0.2, -0.15) is 0 Å². The molecule has 0 unspecified atom stereocenters. The lowest BCUT2D eigenvalue weighted by molar-refractivity contribution is -0.0384. The van der Waals surface area contributed by atoms with Gasteiger partial charge in [-0.05, 0) is 5.92 Å². The predicted octanol–water partition coefficient (Wildman–Crippen LogP) is 1.32. The molecule has 0 aromatic heterocycles. The molecule has 1 atom stereocenters. The zero-order chi connectivity index (χ0) is 12.1.